The summed E-state index contributed by atoms with van der Waals surface area (Å²) in [5.41, 5.74) is 3.68. The molecule has 1 aliphatic rings. The van der Waals surface area contributed by atoms with Gasteiger partial charge in [0.05, 0.1) is 15.7 Å². The molecule has 1 aliphatic heterocycles. The van der Waals surface area contributed by atoms with Crippen molar-refractivity contribution < 1.29 is 9.90 Å². The minimum absolute atomic E-state index is 0.163. The number of halogens is 1. The molecule has 1 N–H and O–H groups in total. The Balaban J connectivity index is 1.62. The van der Waals surface area contributed by atoms with Gasteiger partial charge in [0.1, 0.15) is 0 Å². The zero-order valence-electron chi connectivity index (χ0n) is 15.4. The van der Waals surface area contributed by atoms with E-state index in [0.29, 0.717) is 12.8 Å². The van der Waals surface area contributed by atoms with Crippen LogP contribution in [0.25, 0.3) is 11.1 Å². The normalized spacial score (nSPS) is 16.8. The van der Waals surface area contributed by atoms with Crippen molar-refractivity contribution in [3.8, 4) is 11.1 Å². The second-order valence-electron chi connectivity index (χ2n) is 7.18. The second kappa shape index (κ2) is 8.60. The average Bonchev–Trinajstić information content (AvgIpc) is 3.15. The van der Waals surface area contributed by atoms with E-state index in [9.17, 15) is 9.90 Å². The van der Waals surface area contributed by atoms with Crippen LogP contribution in [0, 0.1) is 5.92 Å². The Kier molecular flexibility index (Phi) is 5.95. The van der Waals surface area contributed by atoms with E-state index in [1.165, 1.54) is 21.6 Å². The van der Waals surface area contributed by atoms with Crippen molar-refractivity contribution in [2.75, 3.05) is 13.1 Å². The molecule has 1 unspecified atom stereocenters. The van der Waals surface area contributed by atoms with Crippen molar-refractivity contribution in [1.29, 1.82) is 0 Å². The van der Waals surface area contributed by atoms with Crippen LogP contribution in [0.3, 0.4) is 0 Å². The van der Waals surface area contributed by atoms with E-state index in [1.54, 1.807) is 11.3 Å². The van der Waals surface area contributed by atoms with Crippen LogP contribution in [0.5, 0.6) is 0 Å². The highest BCUT2D eigenvalue weighted by Crippen LogP contribution is 2.38. The minimum Gasteiger partial charge on any atom is -0.481 e. The van der Waals surface area contributed by atoms with E-state index in [-0.39, 0.29) is 12.0 Å². The fraction of sp³-hybridized carbons (Fsp3) is 0.261. The van der Waals surface area contributed by atoms with Gasteiger partial charge < -0.3 is 5.11 Å². The highest BCUT2D eigenvalue weighted by atomic mass is 79.9. The van der Waals surface area contributed by atoms with Crippen LogP contribution in [0.1, 0.15) is 29.3 Å². The molecular formula is C23H22BrNO2S. The van der Waals surface area contributed by atoms with E-state index in [2.05, 4.69) is 81.5 Å². The quantitative estimate of drug-likeness (QED) is 0.507. The topological polar surface area (TPSA) is 40.5 Å². The van der Waals surface area contributed by atoms with Crippen LogP contribution in [-0.4, -0.2) is 29.1 Å². The van der Waals surface area contributed by atoms with E-state index in [4.69, 9.17) is 0 Å². The number of rotatable bonds is 5. The van der Waals surface area contributed by atoms with Gasteiger partial charge >= 0.3 is 5.97 Å². The van der Waals surface area contributed by atoms with Crippen molar-refractivity contribution in [3.63, 3.8) is 0 Å². The summed E-state index contributed by atoms with van der Waals surface area (Å²) in [7, 11) is 0. The molecular weight excluding hydrogens is 434 g/mol. The largest absolute Gasteiger partial charge is 0.481 e. The summed E-state index contributed by atoms with van der Waals surface area (Å²) in [6, 6.07) is 23.6. The van der Waals surface area contributed by atoms with Crippen molar-refractivity contribution in [1.82, 2.24) is 4.90 Å². The molecule has 144 valence electrons. The van der Waals surface area contributed by atoms with Gasteiger partial charge in [-0.25, -0.2) is 0 Å². The Labute approximate surface area is 177 Å². The monoisotopic (exact) mass is 455 g/mol. The predicted molar refractivity (Wildman–Crippen MR) is 118 cm³/mol. The molecule has 1 aromatic heterocycles. The molecule has 5 heteroatoms. The zero-order valence-corrected chi connectivity index (χ0v) is 17.8. The fourth-order valence-corrected chi connectivity index (χ4v) is 5.51. The molecule has 28 heavy (non-hydrogen) atoms. The number of piperidine rings is 1. The Morgan fingerprint density at radius 1 is 0.964 bits per heavy atom. The number of hydrogen-bond donors (Lipinski definition) is 1. The minimum atomic E-state index is -0.665. The molecule has 3 nitrogen and oxygen atoms in total. The van der Waals surface area contributed by atoms with Crippen molar-refractivity contribution in [2.45, 2.75) is 18.9 Å². The fourth-order valence-electron chi connectivity index (χ4n) is 3.92. The van der Waals surface area contributed by atoms with Gasteiger partial charge in [-0.1, -0.05) is 54.6 Å². The number of likely N-dealkylation sites (tertiary alicyclic amines) is 1. The van der Waals surface area contributed by atoms with E-state index >= 15 is 0 Å². The number of aliphatic carboxylic acids is 1. The number of carbonyl (C=O) groups is 1. The van der Waals surface area contributed by atoms with Crippen LogP contribution in [-0.2, 0) is 4.79 Å². The van der Waals surface area contributed by atoms with E-state index in [0.717, 1.165) is 16.9 Å². The number of carboxylic acids is 1. The molecule has 2 heterocycles. The van der Waals surface area contributed by atoms with Crippen LogP contribution in [0.4, 0.5) is 0 Å². The third kappa shape index (κ3) is 4.22. The molecule has 0 saturated carbocycles. The van der Waals surface area contributed by atoms with Crippen LogP contribution in [0.15, 0.2) is 70.5 Å². The number of nitrogens with zero attached hydrogens (tertiary/aromatic N) is 1. The summed E-state index contributed by atoms with van der Waals surface area (Å²) >= 11 is 5.34. The third-order valence-corrected chi connectivity index (χ3v) is 7.12. The van der Waals surface area contributed by atoms with Crippen molar-refractivity contribution in [3.05, 3.63) is 81.0 Å². The Hall–Kier alpha value is -1.95. The van der Waals surface area contributed by atoms with Crippen molar-refractivity contribution >= 4 is 33.2 Å². The predicted octanol–water partition coefficient (Wildman–Crippen LogP) is 6.06. The van der Waals surface area contributed by atoms with Gasteiger partial charge in [0.25, 0.3) is 0 Å². The highest BCUT2D eigenvalue weighted by molar-refractivity contribution is 9.11. The van der Waals surface area contributed by atoms with Gasteiger partial charge in [0.15, 0.2) is 0 Å². The molecule has 4 rings (SSSR count). The van der Waals surface area contributed by atoms with Gasteiger partial charge in [0, 0.05) is 4.88 Å². The summed E-state index contributed by atoms with van der Waals surface area (Å²) < 4.78 is 1.12. The van der Waals surface area contributed by atoms with Gasteiger partial charge in [0.2, 0.25) is 0 Å². The Bertz CT molecular complexity index is 931. The molecule has 0 aliphatic carbocycles. The SMILES string of the molecule is O=C(O)C1CCN(C(c2ccc(-c3ccccc3)cc2)c2ccc(Br)s2)CC1. The summed E-state index contributed by atoms with van der Waals surface area (Å²) in [4.78, 5) is 15.0. The van der Waals surface area contributed by atoms with Gasteiger partial charge in [-0.2, -0.15) is 0 Å². The maximum Gasteiger partial charge on any atom is 0.306 e. The number of thiophene rings is 1. The number of benzene rings is 2. The maximum atomic E-state index is 11.3. The third-order valence-electron chi connectivity index (χ3n) is 5.44. The summed E-state index contributed by atoms with van der Waals surface area (Å²) in [5, 5.41) is 9.32. The lowest BCUT2D eigenvalue weighted by Gasteiger charge is -2.36. The number of hydrogen-bond acceptors (Lipinski definition) is 3. The van der Waals surface area contributed by atoms with E-state index < -0.39 is 5.97 Å². The van der Waals surface area contributed by atoms with Gasteiger partial charge in [-0.15, -0.1) is 11.3 Å². The van der Waals surface area contributed by atoms with Crippen LogP contribution in [0.2, 0.25) is 0 Å². The van der Waals surface area contributed by atoms with Gasteiger partial charge in [-0.3, -0.25) is 9.69 Å². The van der Waals surface area contributed by atoms with Gasteiger partial charge in [-0.05, 0) is 70.7 Å². The molecule has 0 spiro atoms. The maximum absolute atomic E-state index is 11.3. The molecule has 2 aromatic carbocycles. The lowest BCUT2D eigenvalue weighted by Crippen LogP contribution is -2.39. The summed E-state index contributed by atoms with van der Waals surface area (Å²) in [6.45, 7) is 1.61. The molecule has 1 fully saturated rings. The molecule has 0 bridgehead atoms. The Morgan fingerprint density at radius 2 is 1.61 bits per heavy atom. The van der Waals surface area contributed by atoms with E-state index in [1.807, 2.05) is 6.07 Å². The van der Waals surface area contributed by atoms with Crippen LogP contribution < -0.4 is 0 Å². The molecule has 3 aromatic rings. The first-order valence-electron chi connectivity index (χ1n) is 9.49. The lowest BCUT2D eigenvalue weighted by atomic mass is 9.93. The first-order valence-corrected chi connectivity index (χ1v) is 11.1. The van der Waals surface area contributed by atoms with Crippen molar-refractivity contribution in [2.24, 2.45) is 5.92 Å². The smallest absolute Gasteiger partial charge is 0.306 e. The molecule has 1 saturated heterocycles. The Morgan fingerprint density at radius 3 is 2.18 bits per heavy atom. The standard InChI is InChI=1S/C23H22BrNO2S/c24-21-11-10-20(28-21)22(25-14-12-19(13-15-25)23(26)27)18-8-6-17(7-9-18)16-4-2-1-3-5-16/h1-11,19,22H,12-15H2,(H,26,27). The van der Waals surface area contributed by atoms with Crippen LogP contribution >= 0.6 is 27.3 Å². The molecule has 1 atom stereocenters. The molecule has 0 radical (unpaired) electrons. The lowest BCUT2D eigenvalue weighted by molar-refractivity contribution is -0.143. The summed E-state index contributed by atoms with van der Waals surface area (Å²) in [5.74, 6) is -0.880. The first kappa shape index (κ1) is 19.4. The second-order valence-corrected chi connectivity index (χ2v) is 9.68. The average molecular weight is 456 g/mol. The first-order chi connectivity index (χ1) is 13.6. The summed E-state index contributed by atoms with van der Waals surface area (Å²) in [6.07, 6.45) is 1.42. The highest BCUT2D eigenvalue weighted by Gasteiger charge is 2.30. The zero-order chi connectivity index (χ0) is 19.5. The molecule has 0 amide bonds. The number of carboxylic acid groups (broad SMARTS) is 1.